The monoisotopic (exact) mass is 322 g/mol. The first kappa shape index (κ1) is 17.4. The summed E-state index contributed by atoms with van der Waals surface area (Å²) in [5, 5.41) is 0. The number of nitrogens with zero attached hydrogens (tertiary/aromatic N) is 2. The van der Waals surface area contributed by atoms with Crippen molar-refractivity contribution in [3.8, 4) is 0 Å². The van der Waals surface area contributed by atoms with Gasteiger partial charge in [-0.15, -0.1) is 0 Å². The number of rotatable bonds is 3. The maximum absolute atomic E-state index is 12.2. The van der Waals surface area contributed by atoms with Crippen molar-refractivity contribution in [1.29, 1.82) is 0 Å². The van der Waals surface area contributed by atoms with Crippen molar-refractivity contribution in [2.24, 2.45) is 5.92 Å². The van der Waals surface area contributed by atoms with Crippen LogP contribution < -0.4 is 0 Å². The number of carbonyl (C=O) groups is 2. The third-order valence-corrected chi connectivity index (χ3v) is 3.88. The van der Waals surface area contributed by atoms with Crippen molar-refractivity contribution < 1.29 is 18.7 Å². The van der Waals surface area contributed by atoms with E-state index in [0.29, 0.717) is 31.3 Å². The first-order chi connectivity index (χ1) is 10.8. The number of likely N-dealkylation sites (tertiary alicyclic amines) is 1. The Morgan fingerprint density at radius 3 is 2.52 bits per heavy atom. The van der Waals surface area contributed by atoms with Crippen molar-refractivity contribution >= 4 is 12.0 Å². The van der Waals surface area contributed by atoms with Crippen LogP contribution in [-0.4, -0.2) is 54.1 Å². The average molecular weight is 322 g/mol. The lowest BCUT2D eigenvalue weighted by atomic mass is 9.96. The van der Waals surface area contributed by atoms with Crippen molar-refractivity contribution in [2.75, 3.05) is 26.7 Å². The lowest BCUT2D eigenvalue weighted by Crippen LogP contribution is -2.44. The highest BCUT2D eigenvalue weighted by atomic mass is 16.6. The molecule has 6 heteroatoms. The van der Waals surface area contributed by atoms with Crippen LogP contribution in [0.3, 0.4) is 0 Å². The summed E-state index contributed by atoms with van der Waals surface area (Å²) in [6.45, 7) is 7.61. The van der Waals surface area contributed by atoms with Gasteiger partial charge in [-0.05, 0) is 51.7 Å². The van der Waals surface area contributed by atoms with E-state index >= 15 is 0 Å². The summed E-state index contributed by atoms with van der Waals surface area (Å²) in [4.78, 5) is 27.6. The summed E-state index contributed by atoms with van der Waals surface area (Å²) < 4.78 is 10.5. The number of furan rings is 1. The van der Waals surface area contributed by atoms with Gasteiger partial charge in [0.15, 0.2) is 5.76 Å². The van der Waals surface area contributed by atoms with Crippen molar-refractivity contribution in [1.82, 2.24) is 9.80 Å². The molecule has 6 nitrogen and oxygen atoms in total. The Labute approximate surface area is 137 Å². The first-order valence-corrected chi connectivity index (χ1v) is 8.03. The second-order valence-electron chi connectivity index (χ2n) is 7.07. The Morgan fingerprint density at radius 2 is 2.00 bits per heavy atom. The van der Waals surface area contributed by atoms with Crippen LogP contribution in [0, 0.1) is 5.92 Å². The standard InChI is InChI=1S/C17H26N2O4/c1-17(2,3)23-16(21)19-9-7-13(8-10-19)12-18(4)15(20)14-6-5-11-22-14/h5-6,11,13H,7-10,12H2,1-4H3. The number of piperidine rings is 1. The molecule has 2 amide bonds. The molecule has 0 atom stereocenters. The van der Waals surface area contributed by atoms with Crippen LogP contribution >= 0.6 is 0 Å². The predicted molar refractivity (Wildman–Crippen MR) is 86.2 cm³/mol. The van der Waals surface area contributed by atoms with Crippen LogP contribution in [0.1, 0.15) is 44.2 Å². The van der Waals surface area contributed by atoms with Gasteiger partial charge >= 0.3 is 6.09 Å². The molecule has 1 fully saturated rings. The molecule has 2 heterocycles. The van der Waals surface area contributed by atoms with E-state index in [1.165, 1.54) is 6.26 Å². The molecule has 0 unspecified atom stereocenters. The quantitative estimate of drug-likeness (QED) is 0.858. The molecule has 0 aliphatic carbocycles. The van der Waals surface area contributed by atoms with Crippen LogP contribution in [0.15, 0.2) is 22.8 Å². The molecule has 0 radical (unpaired) electrons. The molecule has 1 aliphatic heterocycles. The van der Waals surface area contributed by atoms with Crippen molar-refractivity contribution in [2.45, 2.75) is 39.2 Å². The Kier molecular flexibility index (Phi) is 5.34. The molecule has 1 aromatic heterocycles. The SMILES string of the molecule is CN(CC1CCN(C(=O)OC(C)(C)C)CC1)C(=O)c1ccco1. The fourth-order valence-corrected chi connectivity index (χ4v) is 2.68. The summed E-state index contributed by atoms with van der Waals surface area (Å²) in [6, 6.07) is 3.38. The van der Waals surface area contributed by atoms with Gasteiger partial charge in [0.1, 0.15) is 5.60 Å². The minimum Gasteiger partial charge on any atom is -0.459 e. The molecular weight excluding hydrogens is 296 g/mol. The zero-order chi connectivity index (χ0) is 17.0. The van der Waals surface area contributed by atoms with E-state index in [4.69, 9.17) is 9.15 Å². The molecule has 0 N–H and O–H groups in total. The second-order valence-corrected chi connectivity index (χ2v) is 7.07. The van der Waals surface area contributed by atoms with E-state index in [2.05, 4.69) is 0 Å². The molecule has 1 aromatic rings. The lowest BCUT2D eigenvalue weighted by Gasteiger charge is -2.34. The number of carbonyl (C=O) groups excluding carboxylic acids is 2. The molecule has 2 rings (SSSR count). The zero-order valence-corrected chi connectivity index (χ0v) is 14.4. The van der Waals surface area contributed by atoms with Gasteiger partial charge in [0.2, 0.25) is 0 Å². The van der Waals surface area contributed by atoms with E-state index < -0.39 is 5.60 Å². The summed E-state index contributed by atoms with van der Waals surface area (Å²) in [6.07, 6.45) is 2.99. The molecule has 128 valence electrons. The maximum atomic E-state index is 12.2. The van der Waals surface area contributed by atoms with Gasteiger partial charge in [0, 0.05) is 26.7 Å². The maximum Gasteiger partial charge on any atom is 0.410 e. The molecule has 1 aliphatic rings. The molecule has 23 heavy (non-hydrogen) atoms. The van der Waals surface area contributed by atoms with Gasteiger partial charge in [-0.1, -0.05) is 0 Å². The molecule has 0 bridgehead atoms. The Morgan fingerprint density at radius 1 is 1.35 bits per heavy atom. The average Bonchev–Trinajstić information content (AvgIpc) is 2.99. The fourth-order valence-electron chi connectivity index (χ4n) is 2.68. The number of hydrogen-bond acceptors (Lipinski definition) is 4. The van der Waals surface area contributed by atoms with E-state index in [1.54, 1.807) is 29.0 Å². The van der Waals surface area contributed by atoms with Crippen molar-refractivity contribution in [3.05, 3.63) is 24.2 Å². The first-order valence-electron chi connectivity index (χ1n) is 8.03. The summed E-state index contributed by atoms with van der Waals surface area (Å²) in [7, 11) is 1.78. The molecular formula is C17H26N2O4. The highest BCUT2D eigenvalue weighted by Gasteiger charge is 2.28. The predicted octanol–water partition coefficient (Wildman–Crippen LogP) is 3.00. The van der Waals surface area contributed by atoms with Gasteiger partial charge < -0.3 is 19.0 Å². The van der Waals surface area contributed by atoms with Crippen LogP contribution in [0.25, 0.3) is 0 Å². The number of amides is 2. The van der Waals surface area contributed by atoms with E-state index in [1.807, 2.05) is 20.8 Å². The van der Waals surface area contributed by atoms with Gasteiger partial charge in [-0.2, -0.15) is 0 Å². The van der Waals surface area contributed by atoms with Gasteiger partial charge in [0.25, 0.3) is 5.91 Å². The van der Waals surface area contributed by atoms with Crippen LogP contribution in [0.2, 0.25) is 0 Å². The Balaban J connectivity index is 1.78. The minimum absolute atomic E-state index is 0.107. The van der Waals surface area contributed by atoms with Crippen LogP contribution in [0.4, 0.5) is 4.79 Å². The van der Waals surface area contributed by atoms with Crippen LogP contribution in [0.5, 0.6) is 0 Å². The summed E-state index contributed by atoms with van der Waals surface area (Å²) in [5.41, 5.74) is -0.469. The highest BCUT2D eigenvalue weighted by Crippen LogP contribution is 2.21. The highest BCUT2D eigenvalue weighted by molar-refractivity contribution is 5.91. The molecule has 0 saturated carbocycles. The molecule has 1 saturated heterocycles. The zero-order valence-electron chi connectivity index (χ0n) is 14.4. The smallest absolute Gasteiger partial charge is 0.410 e. The van der Waals surface area contributed by atoms with Gasteiger partial charge in [-0.25, -0.2) is 4.79 Å². The number of hydrogen-bond donors (Lipinski definition) is 0. The molecule has 0 spiro atoms. The fraction of sp³-hybridized carbons (Fsp3) is 0.647. The topological polar surface area (TPSA) is 63.0 Å². The van der Waals surface area contributed by atoms with E-state index in [0.717, 1.165) is 12.8 Å². The molecule has 0 aromatic carbocycles. The Bertz CT molecular complexity index is 525. The third kappa shape index (κ3) is 5.01. The van der Waals surface area contributed by atoms with Crippen LogP contribution in [-0.2, 0) is 4.74 Å². The Hall–Kier alpha value is -1.98. The summed E-state index contributed by atoms with van der Waals surface area (Å²) >= 11 is 0. The second kappa shape index (κ2) is 7.06. The third-order valence-electron chi connectivity index (χ3n) is 3.88. The lowest BCUT2D eigenvalue weighted by molar-refractivity contribution is 0.0170. The van der Waals surface area contributed by atoms with Gasteiger partial charge in [-0.3, -0.25) is 4.79 Å². The minimum atomic E-state index is -0.469. The van der Waals surface area contributed by atoms with E-state index in [-0.39, 0.29) is 12.0 Å². The van der Waals surface area contributed by atoms with Gasteiger partial charge in [0.05, 0.1) is 6.26 Å². The normalized spacial score (nSPS) is 16.3. The number of ether oxygens (including phenoxy) is 1. The largest absolute Gasteiger partial charge is 0.459 e. The summed E-state index contributed by atoms with van der Waals surface area (Å²) in [5.74, 6) is 0.640. The van der Waals surface area contributed by atoms with E-state index in [9.17, 15) is 9.59 Å². The van der Waals surface area contributed by atoms with Crippen molar-refractivity contribution in [3.63, 3.8) is 0 Å².